The van der Waals surface area contributed by atoms with Crippen molar-refractivity contribution in [2.75, 3.05) is 31.1 Å². The molecule has 6 nitrogen and oxygen atoms in total. The van der Waals surface area contributed by atoms with Gasteiger partial charge in [-0.25, -0.2) is 4.79 Å². The van der Waals surface area contributed by atoms with Crippen LogP contribution in [-0.4, -0.2) is 41.7 Å². The van der Waals surface area contributed by atoms with E-state index in [1.165, 1.54) is 0 Å². The van der Waals surface area contributed by atoms with Crippen molar-refractivity contribution in [3.63, 3.8) is 0 Å². The van der Waals surface area contributed by atoms with E-state index in [0.717, 1.165) is 5.69 Å². The SMILES string of the molecule is N#Cc1cccc(N2CCN(C(=O)n3c4ccccc4c(=O)c4ccccc43)CC2)c1. The van der Waals surface area contributed by atoms with E-state index < -0.39 is 0 Å². The molecule has 1 aromatic heterocycles. The van der Waals surface area contributed by atoms with Gasteiger partial charge in [0.1, 0.15) is 0 Å². The van der Waals surface area contributed by atoms with E-state index in [4.69, 9.17) is 5.26 Å². The molecule has 5 rings (SSSR count). The summed E-state index contributed by atoms with van der Waals surface area (Å²) in [5.74, 6) is 0. The molecule has 0 unspecified atom stereocenters. The van der Waals surface area contributed by atoms with Gasteiger partial charge in [0.25, 0.3) is 0 Å². The first-order chi connectivity index (χ1) is 15.2. The number of carbonyl (C=O) groups is 1. The van der Waals surface area contributed by atoms with E-state index in [-0.39, 0.29) is 11.5 Å². The van der Waals surface area contributed by atoms with Crippen LogP contribution >= 0.6 is 0 Å². The summed E-state index contributed by atoms with van der Waals surface area (Å²) in [5.41, 5.74) is 2.81. The number of piperazine rings is 1. The molecule has 6 heteroatoms. The molecule has 0 N–H and O–H groups in total. The maximum Gasteiger partial charge on any atom is 0.329 e. The fraction of sp³-hybridized carbons (Fsp3) is 0.160. The molecule has 0 radical (unpaired) electrons. The minimum absolute atomic E-state index is 0.0579. The minimum atomic E-state index is -0.127. The van der Waals surface area contributed by atoms with Gasteiger partial charge in [0.2, 0.25) is 0 Å². The number of nitriles is 1. The largest absolute Gasteiger partial charge is 0.368 e. The van der Waals surface area contributed by atoms with Crippen molar-refractivity contribution < 1.29 is 4.79 Å². The Hall–Kier alpha value is -4.11. The first-order valence-electron chi connectivity index (χ1n) is 10.2. The van der Waals surface area contributed by atoms with Gasteiger partial charge in [-0.15, -0.1) is 0 Å². The minimum Gasteiger partial charge on any atom is -0.368 e. The zero-order chi connectivity index (χ0) is 21.4. The number of para-hydroxylation sites is 2. The zero-order valence-corrected chi connectivity index (χ0v) is 16.9. The van der Waals surface area contributed by atoms with Gasteiger partial charge in [-0.1, -0.05) is 30.3 Å². The van der Waals surface area contributed by atoms with Crippen LogP contribution < -0.4 is 10.3 Å². The number of benzene rings is 3. The molecule has 1 fully saturated rings. The second-order valence-electron chi connectivity index (χ2n) is 7.62. The topological polar surface area (TPSA) is 69.3 Å². The van der Waals surface area contributed by atoms with Gasteiger partial charge >= 0.3 is 6.03 Å². The fourth-order valence-electron chi connectivity index (χ4n) is 4.27. The molecule has 1 amide bonds. The highest BCUT2D eigenvalue weighted by Gasteiger charge is 2.25. The molecule has 0 atom stereocenters. The van der Waals surface area contributed by atoms with Crippen LogP contribution in [0, 0.1) is 11.3 Å². The van der Waals surface area contributed by atoms with E-state index in [1.807, 2.05) is 59.5 Å². The smallest absolute Gasteiger partial charge is 0.329 e. The molecule has 0 spiro atoms. The Kier molecular flexibility index (Phi) is 4.64. The van der Waals surface area contributed by atoms with Crippen LogP contribution in [0.25, 0.3) is 21.8 Å². The van der Waals surface area contributed by atoms with Crippen molar-refractivity contribution in [3.05, 3.63) is 88.6 Å². The molecule has 152 valence electrons. The number of nitrogens with zero attached hydrogens (tertiary/aromatic N) is 4. The second-order valence-corrected chi connectivity index (χ2v) is 7.62. The summed E-state index contributed by atoms with van der Waals surface area (Å²) >= 11 is 0. The molecule has 3 aromatic carbocycles. The summed E-state index contributed by atoms with van der Waals surface area (Å²) in [5, 5.41) is 10.2. The molecule has 31 heavy (non-hydrogen) atoms. The molecule has 1 saturated heterocycles. The third-order valence-corrected chi connectivity index (χ3v) is 5.86. The van der Waals surface area contributed by atoms with Crippen LogP contribution in [0.2, 0.25) is 0 Å². The van der Waals surface area contributed by atoms with Crippen LogP contribution in [-0.2, 0) is 0 Å². The Morgan fingerprint density at radius 1 is 0.806 bits per heavy atom. The number of hydrogen-bond acceptors (Lipinski definition) is 4. The van der Waals surface area contributed by atoms with E-state index in [0.29, 0.717) is 53.5 Å². The van der Waals surface area contributed by atoms with Crippen LogP contribution in [0.4, 0.5) is 10.5 Å². The number of fused-ring (bicyclic) bond motifs is 2. The molecule has 4 aromatic rings. The third kappa shape index (κ3) is 3.21. The number of aromatic nitrogens is 1. The first kappa shape index (κ1) is 18.9. The summed E-state index contributed by atoms with van der Waals surface area (Å²) in [6.45, 7) is 2.47. The lowest BCUT2D eigenvalue weighted by atomic mass is 10.1. The average Bonchev–Trinajstić information content (AvgIpc) is 2.84. The van der Waals surface area contributed by atoms with Gasteiger partial charge in [-0.3, -0.25) is 9.36 Å². The molecule has 1 aliphatic heterocycles. The number of carbonyl (C=O) groups excluding carboxylic acids is 1. The summed E-state index contributed by atoms with van der Waals surface area (Å²) in [4.78, 5) is 30.5. The zero-order valence-electron chi connectivity index (χ0n) is 16.9. The Morgan fingerprint density at radius 3 is 2.03 bits per heavy atom. The molecular formula is C25H20N4O2. The molecule has 0 saturated carbocycles. The van der Waals surface area contributed by atoms with Crippen molar-refractivity contribution >= 4 is 33.5 Å². The molecule has 1 aliphatic rings. The fourth-order valence-corrected chi connectivity index (χ4v) is 4.27. The van der Waals surface area contributed by atoms with Crippen LogP contribution in [0.3, 0.4) is 0 Å². The number of pyridine rings is 1. The van der Waals surface area contributed by atoms with E-state index in [2.05, 4.69) is 11.0 Å². The lowest BCUT2D eigenvalue weighted by molar-refractivity contribution is 0.198. The highest BCUT2D eigenvalue weighted by Crippen LogP contribution is 2.22. The highest BCUT2D eigenvalue weighted by molar-refractivity contribution is 6.02. The Morgan fingerprint density at radius 2 is 1.42 bits per heavy atom. The first-order valence-corrected chi connectivity index (χ1v) is 10.2. The predicted octanol–water partition coefficient (Wildman–Crippen LogP) is 3.82. The van der Waals surface area contributed by atoms with Gasteiger partial charge in [-0.2, -0.15) is 5.26 Å². The number of amides is 1. The maximum absolute atomic E-state index is 13.6. The number of rotatable bonds is 1. The van der Waals surface area contributed by atoms with E-state index in [9.17, 15) is 9.59 Å². The normalized spacial score (nSPS) is 14.0. The quantitative estimate of drug-likeness (QED) is 0.449. The Balaban J connectivity index is 1.49. The van der Waals surface area contributed by atoms with Gasteiger partial charge in [0.15, 0.2) is 5.43 Å². The van der Waals surface area contributed by atoms with Gasteiger partial charge in [-0.05, 0) is 42.5 Å². The monoisotopic (exact) mass is 408 g/mol. The van der Waals surface area contributed by atoms with Crippen molar-refractivity contribution in [1.82, 2.24) is 9.47 Å². The molecule has 2 heterocycles. The van der Waals surface area contributed by atoms with Crippen molar-refractivity contribution in [3.8, 4) is 6.07 Å². The predicted molar refractivity (Wildman–Crippen MR) is 121 cm³/mol. The molecule has 0 bridgehead atoms. The average molecular weight is 408 g/mol. The Labute approximate surface area is 179 Å². The lowest BCUT2D eigenvalue weighted by Gasteiger charge is -2.36. The molecular weight excluding hydrogens is 388 g/mol. The van der Waals surface area contributed by atoms with E-state index in [1.54, 1.807) is 22.8 Å². The van der Waals surface area contributed by atoms with E-state index >= 15 is 0 Å². The maximum atomic E-state index is 13.6. The number of anilines is 1. The van der Waals surface area contributed by atoms with Crippen molar-refractivity contribution in [1.29, 1.82) is 5.26 Å². The Bertz CT molecular complexity index is 1350. The number of hydrogen-bond donors (Lipinski definition) is 0. The van der Waals surface area contributed by atoms with Crippen LogP contribution in [0.5, 0.6) is 0 Å². The third-order valence-electron chi connectivity index (χ3n) is 5.86. The van der Waals surface area contributed by atoms with Crippen LogP contribution in [0.1, 0.15) is 5.56 Å². The lowest BCUT2D eigenvalue weighted by Crippen LogP contribution is -2.50. The summed E-state index contributed by atoms with van der Waals surface area (Å²) in [6, 6.07) is 24.1. The van der Waals surface area contributed by atoms with Crippen LogP contribution in [0.15, 0.2) is 77.6 Å². The van der Waals surface area contributed by atoms with Gasteiger partial charge < -0.3 is 9.80 Å². The van der Waals surface area contributed by atoms with Gasteiger partial charge in [0, 0.05) is 42.6 Å². The summed E-state index contributed by atoms with van der Waals surface area (Å²) in [6.07, 6.45) is 0. The highest BCUT2D eigenvalue weighted by atomic mass is 16.2. The summed E-state index contributed by atoms with van der Waals surface area (Å²) in [7, 11) is 0. The van der Waals surface area contributed by atoms with Crippen molar-refractivity contribution in [2.45, 2.75) is 0 Å². The summed E-state index contributed by atoms with van der Waals surface area (Å²) < 4.78 is 1.66. The second kappa shape index (κ2) is 7.62. The molecule has 0 aliphatic carbocycles. The van der Waals surface area contributed by atoms with Crippen molar-refractivity contribution in [2.24, 2.45) is 0 Å². The standard InChI is InChI=1S/C25H20N4O2/c26-17-18-6-5-7-19(16-18)27-12-14-28(15-13-27)25(31)29-22-10-3-1-8-20(22)24(30)21-9-2-4-11-23(21)29/h1-11,16H,12-15H2. The van der Waals surface area contributed by atoms with Gasteiger partial charge in [0.05, 0.1) is 22.7 Å².